The van der Waals surface area contributed by atoms with Crippen LogP contribution < -0.4 is 10.1 Å². The minimum Gasteiger partial charge on any atom is -0.492 e. The molecule has 25 heavy (non-hydrogen) atoms. The number of likely N-dealkylation sites (tertiary alicyclic amines) is 1. The van der Waals surface area contributed by atoms with Crippen LogP contribution in [0.4, 0.5) is 0 Å². The fourth-order valence-corrected chi connectivity index (χ4v) is 4.15. The molecule has 1 aromatic carbocycles. The van der Waals surface area contributed by atoms with Gasteiger partial charge in [-0.2, -0.15) is 0 Å². The van der Waals surface area contributed by atoms with Gasteiger partial charge in [-0.25, -0.2) is 0 Å². The van der Waals surface area contributed by atoms with Crippen LogP contribution in [0, 0.1) is 0 Å². The van der Waals surface area contributed by atoms with Gasteiger partial charge in [0.25, 0.3) is 0 Å². The molecule has 1 amide bonds. The van der Waals surface area contributed by atoms with Crippen LogP contribution in [0.5, 0.6) is 5.75 Å². The first-order chi connectivity index (χ1) is 12.2. The van der Waals surface area contributed by atoms with E-state index in [-0.39, 0.29) is 5.91 Å². The molecule has 1 aliphatic rings. The lowest BCUT2D eigenvalue weighted by atomic mass is 10.1. The van der Waals surface area contributed by atoms with Crippen molar-refractivity contribution >= 4 is 28.8 Å². The van der Waals surface area contributed by atoms with Crippen molar-refractivity contribution in [2.24, 2.45) is 0 Å². The zero-order valence-electron chi connectivity index (χ0n) is 14.1. The summed E-state index contributed by atoms with van der Waals surface area (Å²) in [7, 11) is 0. The van der Waals surface area contributed by atoms with Crippen LogP contribution in [0.2, 0.25) is 4.34 Å². The molecule has 6 heteroatoms. The van der Waals surface area contributed by atoms with Crippen LogP contribution in [0.1, 0.15) is 24.1 Å². The van der Waals surface area contributed by atoms with Crippen LogP contribution in [0.3, 0.4) is 0 Å². The number of amides is 1. The fraction of sp³-hybridized carbons (Fsp3) is 0.421. The Hall–Kier alpha value is -1.56. The molecule has 1 fully saturated rings. The van der Waals surface area contributed by atoms with Gasteiger partial charge in [0.2, 0.25) is 5.91 Å². The van der Waals surface area contributed by atoms with Gasteiger partial charge in [0.05, 0.1) is 10.9 Å². The largest absolute Gasteiger partial charge is 0.492 e. The third-order valence-electron chi connectivity index (χ3n) is 4.35. The number of halogens is 1. The minimum absolute atomic E-state index is 0.252. The van der Waals surface area contributed by atoms with Gasteiger partial charge in [0.1, 0.15) is 12.4 Å². The van der Waals surface area contributed by atoms with Gasteiger partial charge in [0, 0.05) is 23.9 Å². The van der Waals surface area contributed by atoms with Gasteiger partial charge in [-0.3, -0.25) is 4.79 Å². The van der Waals surface area contributed by atoms with E-state index >= 15 is 0 Å². The van der Waals surface area contributed by atoms with Crippen molar-refractivity contribution < 1.29 is 9.53 Å². The third-order valence-corrected chi connectivity index (χ3v) is 5.57. The SMILES string of the molecule is O=C1CCC(CCNCCOc2ccccc2)N1Cc1ccc(Cl)s1. The van der Waals surface area contributed by atoms with E-state index in [0.29, 0.717) is 25.6 Å². The molecule has 1 unspecified atom stereocenters. The van der Waals surface area contributed by atoms with Crippen LogP contribution in [-0.2, 0) is 11.3 Å². The molecule has 3 rings (SSSR count). The Bertz CT molecular complexity index is 677. The Kier molecular flexibility index (Phi) is 6.73. The second-order valence-corrected chi connectivity index (χ2v) is 7.92. The maximum absolute atomic E-state index is 12.1. The van der Waals surface area contributed by atoms with Gasteiger partial charge in [-0.15, -0.1) is 11.3 Å². The molecule has 0 saturated carbocycles. The first-order valence-electron chi connectivity index (χ1n) is 8.64. The Morgan fingerprint density at radius 2 is 2.04 bits per heavy atom. The summed E-state index contributed by atoms with van der Waals surface area (Å²) in [4.78, 5) is 15.3. The van der Waals surface area contributed by atoms with Gasteiger partial charge < -0.3 is 15.0 Å². The number of hydrogen-bond acceptors (Lipinski definition) is 4. The highest BCUT2D eigenvalue weighted by Crippen LogP contribution is 2.28. The van der Waals surface area contributed by atoms with Crippen molar-refractivity contribution in [3.8, 4) is 5.75 Å². The Morgan fingerprint density at radius 1 is 1.20 bits per heavy atom. The summed E-state index contributed by atoms with van der Waals surface area (Å²) in [6.07, 6.45) is 2.57. The van der Waals surface area contributed by atoms with Crippen molar-refractivity contribution in [2.75, 3.05) is 19.7 Å². The van der Waals surface area contributed by atoms with E-state index in [1.165, 1.54) is 0 Å². The number of hydrogen-bond donors (Lipinski definition) is 1. The molecule has 0 aliphatic carbocycles. The van der Waals surface area contributed by atoms with E-state index in [2.05, 4.69) is 5.32 Å². The highest BCUT2D eigenvalue weighted by Gasteiger charge is 2.30. The van der Waals surface area contributed by atoms with E-state index in [1.54, 1.807) is 11.3 Å². The molecule has 0 bridgehead atoms. The van der Waals surface area contributed by atoms with E-state index < -0.39 is 0 Å². The number of carbonyl (C=O) groups is 1. The molecule has 1 N–H and O–H groups in total. The molecule has 2 heterocycles. The quantitative estimate of drug-likeness (QED) is 0.672. The Balaban J connectivity index is 1.36. The van der Waals surface area contributed by atoms with Gasteiger partial charge in [0.15, 0.2) is 0 Å². The van der Waals surface area contributed by atoms with E-state index in [4.69, 9.17) is 16.3 Å². The number of benzene rings is 1. The number of rotatable bonds is 9. The van der Waals surface area contributed by atoms with E-state index in [9.17, 15) is 4.79 Å². The summed E-state index contributed by atoms with van der Waals surface area (Å²) < 4.78 is 6.44. The van der Waals surface area contributed by atoms with Crippen molar-refractivity contribution in [3.05, 3.63) is 51.7 Å². The number of nitrogens with zero attached hydrogens (tertiary/aromatic N) is 1. The van der Waals surface area contributed by atoms with Crippen LogP contribution in [-0.4, -0.2) is 36.5 Å². The molecule has 0 radical (unpaired) electrons. The number of para-hydroxylation sites is 1. The predicted molar refractivity (Wildman–Crippen MR) is 102 cm³/mol. The monoisotopic (exact) mass is 378 g/mol. The topological polar surface area (TPSA) is 41.6 Å². The van der Waals surface area contributed by atoms with Gasteiger partial charge in [-0.1, -0.05) is 29.8 Å². The molecule has 4 nitrogen and oxygen atoms in total. The molecular formula is C19H23ClN2O2S. The molecule has 134 valence electrons. The lowest BCUT2D eigenvalue weighted by Crippen LogP contribution is -2.35. The summed E-state index contributed by atoms with van der Waals surface area (Å²) in [6, 6.07) is 14.0. The van der Waals surface area contributed by atoms with Crippen molar-refractivity contribution in [1.29, 1.82) is 0 Å². The summed E-state index contributed by atoms with van der Waals surface area (Å²) in [5, 5.41) is 3.40. The summed E-state index contributed by atoms with van der Waals surface area (Å²) in [5.74, 6) is 1.15. The lowest BCUT2D eigenvalue weighted by Gasteiger charge is -2.24. The fourth-order valence-electron chi connectivity index (χ4n) is 3.07. The number of carbonyl (C=O) groups excluding carboxylic acids is 1. The second kappa shape index (κ2) is 9.22. The lowest BCUT2D eigenvalue weighted by molar-refractivity contribution is -0.129. The zero-order chi connectivity index (χ0) is 17.5. The van der Waals surface area contributed by atoms with Crippen LogP contribution in [0.15, 0.2) is 42.5 Å². The van der Waals surface area contributed by atoms with E-state index in [1.807, 2.05) is 47.4 Å². The third kappa shape index (κ3) is 5.46. The average molecular weight is 379 g/mol. The normalized spacial score (nSPS) is 17.2. The maximum atomic E-state index is 12.1. The summed E-state index contributed by atoms with van der Waals surface area (Å²) in [5.41, 5.74) is 0. The molecular weight excluding hydrogens is 356 g/mol. The van der Waals surface area contributed by atoms with Crippen molar-refractivity contribution in [3.63, 3.8) is 0 Å². The average Bonchev–Trinajstić information content (AvgIpc) is 3.19. The van der Waals surface area contributed by atoms with Crippen molar-refractivity contribution in [1.82, 2.24) is 10.2 Å². The van der Waals surface area contributed by atoms with Crippen LogP contribution >= 0.6 is 22.9 Å². The standard InChI is InChI=1S/C19H23ClN2O2S/c20-18-8-7-17(25-18)14-22-15(6-9-19(22)23)10-11-21-12-13-24-16-4-2-1-3-5-16/h1-5,7-8,15,21H,6,9-14H2. The summed E-state index contributed by atoms with van der Waals surface area (Å²) in [6.45, 7) is 3.01. The van der Waals surface area contributed by atoms with Crippen LogP contribution in [0.25, 0.3) is 0 Å². The molecule has 0 spiro atoms. The highest BCUT2D eigenvalue weighted by molar-refractivity contribution is 7.16. The Morgan fingerprint density at radius 3 is 2.80 bits per heavy atom. The van der Waals surface area contributed by atoms with Crippen molar-refractivity contribution in [2.45, 2.75) is 31.8 Å². The highest BCUT2D eigenvalue weighted by atomic mass is 35.5. The minimum atomic E-state index is 0.252. The Labute approximate surface area is 157 Å². The van der Waals surface area contributed by atoms with E-state index in [0.717, 1.165) is 40.9 Å². The van der Waals surface area contributed by atoms with Gasteiger partial charge in [-0.05, 0) is 43.7 Å². The van der Waals surface area contributed by atoms with Gasteiger partial charge >= 0.3 is 0 Å². The molecule has 2 aromatic rings. The predicted octanol–water partition coefficient (Wildman–Crippen LogP) is 3.95. The molecule has 1 aliphatic heterocycles. The molecule has 1 atom stereocenters. The second-order valence-electron chi connectivity index (χ2n) is 6.12. The maximum Gasteiger partial charge on any atom is 0.223 e. The molecule has 1 saturated heterocycles. The number of ether oxygens (including phenoxy) is 1. The molecule has 1 aromatic heterocycles. The summed E-state index contributed by atoms with van der Waals surface area (Å²) >= 11 is 7.54. The smallest absolute Gasteiger partial charge is 0.223 e. The number of thiophene rings is 1. The number of nitrogens with one attached hydrogen (secondary N) is 1. The first kappa shape index (κ1) is 18.2. The zero-order valence-corrected chi connectivity index (χ0v) is 15.7. The first-order valence-corrected chi connectivity index (χ1v) is 9.84.